The maximum Gasteiger partial charge on any atom is 0.290 e. The molecule has 1 heterocycles. The Kier molecular flexibility index (Phi) is 5.42. The molecule has 0 saturated heterocycles. The fraction of sp³-hybridized carbons (Fsp3) is 0.238. The Morgan fingerprint density at radius 1 is 1.18 bits per heavy atom. The molecular formula is C21H19ClFNO4. The van der Waals surface area contributed by atoms with E-state index in [0.29, 0.717) is 11.1 Å². The van der Waals surface area contributed by atoms with Crippen molar-refractivity contribution in [2.45, 2.75) is 26.4 Å². The second-order valence-electron chi connectivity index (χ2n) is 6.95. The highest BCUT2D eigenvalue weighted by atomic mass is 35.5. The number of carbonyl (C=O) groups excluding carboxylic acids is 2. The number of benzene rings is 2. The van der Waals surface area contributed by atoms with E-state index in [1.807, 2.05) is 0 Å². The second-order valence-corrected chi connectivity index (χ2v) is 7.36. The van der Waals surface area contributed by atoms with Crippen LogP contribution in [0, 0.1) is 11.7 Å². The van der Waals surface area contributed by atoms with Crippen LogP contribution in [0.5, 0.6) is 5.75 Å². The minimum Gasteiger partial charge on any atom is -0.506 e. The van der Waals surface area contributed by atoms with Crippen LogP contribution in [0.4, 0.5) is 4.39 Å². The zero-order chi connectivity index (χ0) is 20.6. The smallest absolute Gasteiger partial charge is 0.290 e. The van der Waals surface area contributed by atoms with E-state index in [2.05, 4.69) is 0 Å². The van der Waals surface area contributed by atoms with Gasteiger partial charge in [-0.2, -0.15) is 0 Å². The Bertz CT molecular complexity index is 969. The standard InChI is InChI=1S/C21H19ClFNO4/c1-11(2)19(26)17-18(13-5-8-16(25)15(22)9-13)24(21(28)20(17)27)10-12-3-6-14(23)7-4-12/h3-9,11,18,25,27H,10H2,1-2H3. The van der Waals surface area contributed by atoms with Crippen molar-refractivity contribution in [1.29, 1.82) is 0 Å². The highest BCUT2D eigenvalue weighted by molar-refractivity contribution is 6.32. The predicted octanol–water partition coefficient (Wildman–Crippen LogP) is 4.31. The van der Waals surface area contributed by atoms with Crippen LogP contribution < -0.4 is 0 Å². The summed E-state index contributed by atoms with van der Waals surface area (Å²) in [5, 5.41) is 20.2. The van der Waals surface area contributed by atoms with E-state index in [9.17, 15) is 24.2 Å². The Balaban J connectivity index is 2.09. The van der Waals surface area contributed by atoms with Crippen LogP contribution in [0.1, 0.15) is 31.0 Å². The first-order valence-corrected chi connectivity index (χ1v) is 9.09. The normalized spacial score (nSPS) is 17.0. The van der Waals surface area contributed by atoms with Gasteiger partial charge in [-0.15, -0.1) is 0 Å². The number of ketones is 1. The van der Waals surface area contributed by atoms with Gasteiger partial charge in [0.05, 0.1) is 16.6 Å². The topological polar surface area (TPSA) is 77.8 Å². The molecule has 0 saturated carbocycles. The highest BCUT2D eigenvalue weighted by Gasteiger charge is 2.44. The van der Waals surface area contributed by atoms with Gasteiger partial charge in [0.1, 0.15) is 11.6 Å². The van der Waals surface area contributed by atoms with Crippen molar-refractivity contribution in [3.05, 3.63) is 75.8 Å². The van der Waals surface area contributed by atoms with E-state index in [4.69, 9.17) is 11.6 Å². The molecule has 0 fully saturated rings. The molecule has 2 N–H and O–H groups in total. The van der Waals surface area contributed by atoms with E-state index in [1.165, 1.54) is 41.3 Å². The van der Waals surface area contributed by atoms with Crippen molar-refractivity contribution < 1.29 is 24.2 Å². The van der Waals surface area contributed by atoms with Gasteiger partial charge in [-0.1, -0.05) is 43.6 Å². The SMILES string of the molecule is CC(C)C(=O)C1=C(O)C(=O)N(Cc2ccc(F)cc2)C1c1ccc(O)c(Cl)c1. The van der Waals surface area contributed by atoms with Gasteiger partial charge in [0.2, 0.25) is 0 Å². The second kappa shape index (κ2) is 7.64. The first-order valence-electron chi connectivity index (χ1n) is 8.72. The molecule has 1 amide bonds. The van der Waals surface area contributed by atoms with Gasteiger partial charge in [-0.25, -0.2) is 4.39 Å². The molecule has 1 aliphatic heterocycles. The Morgan fingerprint density at radius 2 is 1.82 bits per heavy atom. The number of hydrogen-bond acceptors (Lipinski definition) is 4. The van der Waals surface area contributed by atoms with Crippen molar-refractivity contribution in [2.24, 2.45) is 5.92 Å². The molecule has 0 radical (unpaired) electrons. The lowest BCUT2D eigenvalue weighted by atomic mass is 9.91. The van der Waals surface area contributed by atoms with Gasteiger partial charge in [-0.3, -0.25) is 9.59 Å². The summed E-state index contributed by atoms with van der Waals surface area (Å²) < 4.78 is 13.2. The number of amides is 1. The molecule has 0 bridgehead atoms. The van der Waals surface area contributed by atoms with Crippen LogP contribution in [0.3, 0.4) is 0 Å². The minimum atomic E-state index is -0.870. The first kappa shape index (κ1) is 19.9. The lowest BCUT2D eigenvalue weighted by Gasteiger charge is -2.27. The average molecular weight is 404 g/mol. The van der Waals surface area contributed by atoms with Crippen LogP contribution in [-0.4, -0.2) is 26.8 Å². The number of phenols is 1. The predicted molar refractivity (Wildman–Crippen MR) is 102 cm³/mol. The number of aromatic hydroxyl groups is 1. The summed E-state index contributed by atoms with van der Waals surface area (Å²) >= 11 is 6.02. The summed E-state index contributed by atoms with van der Waals surface area (Å²) in [6.07, 6.45) is 0. The Hall–Kier alpha value is -2.86. The van der Waals surface area contributed by atoms with Gasteiger partial charge >= 0.3 is 0 Å². The number of phenolic OH excluding ortho intramolecular Hbond substituents is 1. The number of halogens is 2. The average Bonchev–Trinajstić information content (AvgIpc) is 2.90. The molecule has 146 valence electrons. The Morgan fingerprint density at radius 3 is 2.39 bits per heavy atom. The number of hydrogen-bond donors (Lipinski definition) is 2. The zero-order valence-corrected chi connectivity index (χ0v) is 16.1. The summed E-state index contributed by atoms with van der Waals surface area (Å²) in [7, 11) is 0. The molecule has 2 aromatic rings. The molecule has 3 rings (SSSR count). The molecule has 0 aliphatic carbocycles. The summed E-state index contributed by atoms with van der Waals surface area (Å²) in [6.45, 7) is 3.41. The lowest BCUT2D eigenvalue weighted by molar-refractivity contribution is -0.130. The first-order chi connectivity index (χ1) is 13.2. The number of nitrogens with zero attached hydrogens (tertiary/aromatic N) is 1. The van der Waals surface area contributed by atoms with Crippen molar-refractivity contribution in [3.8, 4) is 5.75 Å². The van der Waals surface area contributed by atoms with Gasteiger partial charge in [0.25, 0.3) is 5.91 Å². The number of Topliss-reactive ketones (excluding diaryl/α,β-unsaturated/α-hetero) is 1. The monoisotopic (exact) mass is 403 g/mol. The van der Waals surface area contributed by atoms with Crippen LogP contribution in [0.2, 0.25) is 5.02 Å². The molecule has 1 unspecified atom stereocenters. The molecule has 7 heteroatoms. The van der Waals surface area contributed by atoms with Gasteiger partial charge in [0, 0.05) is 12.5 Å². The third kappa shape index (κ3) is 3.60. The lowest BCUT2D eigenvalue weighted by Crippen LogP contribution is -2.31. The number of aliphatic hydroxyl groups excluding tert-OH is 1. The number of carbonyl (C=O) groups is 2. The fourth-order valence-electron chi connectivity index (χ4n) is 3.21. The van der Waals surface area contributed by atoms with Crippen LogP contribution in [-0.2, 0) is 16.1 Å². The number of aliphatic hydroxyl groups is 1. The zero-order valence-electron chi connectivity index (χ0n) is 15.3. The molecule has 5 nitrogen and oxygen atoms in total. The largest absolute Gasteiger partial charge is 0.506 e. The molecule has 0 spiro atoms. The Labute approximate surface area is 166 Å². The minimum absolute atomic E-state index is 0.0103. The molecule has 28 heavy (non-hydrogen) atoms. The summed E-state index contributed by atoms with van der Waals surface area (Å²) in [5.74, 6) is -2.63. The molecule has 1 atom stereocenters. The fourth-order valence-corrected chi connectivity index (χ4v) is 3.39. The molecular weight excluding hydrogens is 385 g/mol. The summed E-state index contributed by atoms with van der Waals surface area (Å²) in [4.78, 5) is 26.8. The maximum absolute atomic E-state index is 13.2. The summed E-state index contributed by atoms with van der Waals surface area (Å²) in [6, 6.07) is 9.11. The van der Waals surface area contributed by atoms with Crippen LogP contribution in [0.15, 0.2) is 53.8 Å². The van der Waals surface area contributed by atoms with Gasteiger partial charge < -0.3 is 15.1 Å². The third-order valence-electron chi connectivity index (χ3n) is 4.65. The van der Waals surface area contributed by atoms with Crippen LogP contribution in [0.25, 0.3) is 0 Å². The third-order valence-corrected chi connectivity index (χ3v) is 4.95. The van der Waals surface area contributed by atoms with E-state index in [1.54, 1.807) is 19.9 Å². The summed E-state index contributed by atoms with van der Waals surface area (Å²) in [5.41, 5.74) is 1.10. The quantitative estimate of drug-likeness (QED) is 0.780. The maximum atomic E-state index is 13.2. The molecule has 1 aliphatic rings. The van der Waals surface area contributed by atoms with Crippen molar-refractivity contribution >= 4 is 23.3 Å². The van der Waals surface area contributed by atoms with E-state index in [-0.39, 0.29) is 28.7 Å². The molecule has 2 aromatic carbocycles. The highest BCUT2D eigenvalue weighted by Crippen LogP contribution is 2.41. The van der Waals surface area contributed by atoms with E-state index >= 15 is 0 Å². The van der Waals surface area contributed by atoms with Gasteiger partial charge in [-0.05, 0) is 35.4 Å². The van der Waals surface area contributed by atoms with Crippen molar-refractivity contribution in [1.82, 2.24) is 4.90 Å². The van der Waals surface area contributed by atoms with Crippen molar-refractivity contribution in [2.75, 3.05) is 0 Å². The van der Waals surface area contributed by atoms with Crippen molar-refractivity contribution in [3.63, 3.8) is 0 Å². The molecule has 0 aromatic heterocycles. The van der Waals surface area contributed by atoms with Gasteiger partial charge in [0.15, 0.2) is 11.5 Å². The van der Waals surface area contributed by atoms with E-state index in [0.717, 1.165) is 0 Å². The van der Waals surface area contributed by atoms with E-state index < -0.39 is 29.4 Å². The number of rotatable bonds is 5. The van der Waals surface area contributed by atoms with Crippen LogP contribution >= 0.6 is 11.6 Å².